The van der Waals surface area contributed by atoms with E-state index in [0.29, 0.717) is 16.5 Å². The molecule has 0 radical (unpaired) electrons. The molecule has 0 atom stereocenters. The second kappa shape index (κ2) is 9.80. The number of fused-ring (bicyclic) bond motifs is 1. The number of benzene rings is 3. The molecule has 0 aliphatic heterocycles. The van der Waals surface area contributed by atoms with Crippen molar-refractivity contribution >= 4 is 22.7 Å². The maximum absolute atomic E-state index is 14.0. The molecule has 0 aliphatic carbocycles. The molecule has 1 aromatic heterocycles. The van der Waals surface area contributed by atoms with E-state index in [1.54, 1.807) is 24.3 Å². The van der Waals surface area contributed by atoms with Crippen LogP contribution in [0.4, 0.5) is 22.0 Å². The Labute approximate surface area is 202 Å². The summed E-state index contributed by atoms with van der Waals surface area (Å²) in [5.74, 6) is -1.07. The molecule has 0 aliphatic rings. The Balaban J connectivity index is 1.63. The Bertz CT molecular complexity index is 1440. The van der Waals surface area contributed by atoms with Crippen molar-refractivity contribution in [3.63, 3.8) is 0 Å². The highest BCUT2D eigenvalue weighted by Crippen LogP contribution is 2.36. The van der Waals surface area contributed by atoms with Crippen molar-refractivity contribution in [2.24, 2.45) is 0 Å². The zero-order chi connectivity index (χ0) is 26.0. The Morgan fingerprint density at radius 3 is 2.36 bits per heavy atom. The average molecular weight is 501 g/mol. The molecule has 0 bridgehead atoms. The van der Waals surface area contributed by atoms with Crippen LogP contribution in [0.5, 0.6) is 0 Å². The van der Waals surface area contributed by atoms with Crippen LogP contribution in [0.1, 0.15) is 44.0 Å². The molecule has 0 saturated heterocycles. The van der Waals surface area contributed by atoms with E-state index in [2.05, 4.69) is 15.6 Å². The molecule has 4 aromatic rings. The van der Waals surface area contributed by atoms with Gasteiger partial charge in [-0.15, -0.1) is 0 Å². The predicted molar refractivity (Wildman–Crippen MR) is 125 cm³/mol. The monoisotopic (exact) mass is 501 g/mol. The van der Waals surface area contributed by atoms with Crippen LogP contribution < -0.4 is 10.6 Å². The van der Waals surface area contributed by atoms with E-state index >= 15 is 0 Å². The first kappa shape index (κ1) is 24.9. The fourth-order valence-electron chi connectivity index (χ4n) is 3.92. The lowest BCUT2D eigenvalue weighted by Gasteiger charge is -2.13. The minimum atomic E-state index is -4.52. The number of rotatable bonds is 6. The highest BCUT2D eigenvalue weighted by Gasteiger charge is 2.30. The molecule has 5 nitrogen and oxygen atoms in total. The molecular weight excluding hydrogens is 481 g/mol. The Kier molecular flexibility index (Phi) is 6.78. The van der Waals surface area contributed by atoms with Crippen molar-refractivity contribution in [1.82, 2.24) is 15.6 Å². The third kappa shape index (κ3) is 5.07. The van der Waals surface area contributed by atoms with Crippen LogP contribution in [0.2, 0.25) is 0 Å². The summed E-state index contributed by atoms with van der Waals surface area (Å²) >= 11 is 0. The van der Waals surface area contributed by atoms with E-state index in [4.69, 9.17) is 0 Å². The third-order valence-corrected chi connectivity index (χ3v) is 5.68. The van der Waals surface area contributed by atoms with E-state index in [9.17, 15) is 31.5 Å². The topological polar surface area (TPSA) is 74.0 Å². The van der Waals surface area contributed by atoms with E-state index < -0.39 is 29.6 Å². The van der Waals surface area contributed by atoms with Gasteiger partial charge in [0, 0.05) is 35.6 Å². The standard InChI is InChI=1S/C26H20F5N3O2/c1-32-25(36)22-12-19-17(6-3-7-21(19)34-22)18-9-8-15(11-20(18)23(27)28)24(35)33-13-14-4-2-5-16(10-14)26(29,30)31/h2-12,23,34H,13H2,1H3,(H,32,36)(H,33,35). The Morgan fingerprint density at radius 1 is 0.917 bits per heavy atom. The van der Waals surface area contributed by atoms with Crippen molar-refractivity contribution in [3.8, 4) is 11.1 Å². The van der Waals surface area contributed by atoms with Gasteiger partial charge in [-0.05, 0) is 53.1 Å². The van der Waals surface area contributed by atoms with Gasteiger partial charge in [0.2, 0.25) is 0 Å². The molecule has 0 saturated carbocycles. The van der Waals surface area contributed by atoms with Crippen LogP contribution in [0, 0.1) is 0 Å². The maximum atomic E-state index is 14.0. The van der Waals surface area contributed by atoms with E-state index in [-0.39, 0.29) is 34.8 Å². The van der Waals surface area contributed by atoms with Gasteiger partial charge in [-0.25, -0.2) is 8.78 Å². The lowest BCUT2D eigenvalue weighted by atomic mass is 9.95. The molecule has 1 heterocycles. The summed E-state index contributed by atoms with van der Waals surface area (Å²) in [5, 5.41) is 5.52. The smallest absolute Gasteiger partial charge is 0.354 e. The number of H-pyrrole nitrogens is 1. The van der Waals surface area contributed by atoms with Crippen LogP contribution in [-0.4, -0.2) is 23.8 Å². The van der Waals surface area contributed by atoms with Gasteiger partial charge in [-0.1, -0.05) is 30.3 Å². The number of halogens is 5. The van der Waals surface area contributed by atoms with Crippen molar-refractivity contribution in [3.05, 3.63) is 94.7 Å². The minimum Gasteiger partial charge on any atom is -0.354 e. The first-order valence-electron chi connectivity index (χ1n) is 10.8. The molecule has 3 N–H and O–H groups in total. The molecule has 0 unspecified atom stereocenters. The highest BCUT2D eigenvalue weighted by atomic mass is 19.4. The lowest BCUT2D eigenvalue weighted by molar-refractivity contribution is -0.137. The number of hydrogen-bond donors (Lipinski definition) is 3. The van der Waals surface area contributed by atoms with Crippen LogP contribution in [0.3, 0.4) is 0 Å². The van der Waals surface area contributed by atoms with Gasteiger partial charge in [0.25, 0.3) is 18.2 Å². The molecular formula is C26H20F5N3O2. The van der Waals surface area contributed by atoms with Crippen molar-refractivity contribution < 1.29 is 31.5 Å². The largest absolute Gasteiger partial charge is 0.416 e. The van der Waals surface area contributed by atoms with Gasteiger partial charge in [0.1, 0.15) is 5.69 Å². The molecule has 2 amide bonds. The van der Waals surface area contributed by atoms with Gasteiger partial charge in [-0.2, -0.15) is 13.2 Å². The average Bonchev–Trinajstić information content (AvgIpc) is 3.30. The summed E-state index contributed by atoms with van der Waals surface area (Å²) in [6, 6.07) is 14.9. The summed E-state index contributed by atoms with van der Waals surface area (Å²) < 4.78 is 66.8. The number of aromatic amines is 1. The number of aromatic nitrogens is 1. The van der Waals surface area contributed by atoms with Crippen molar-refractivity contribution in [2.45, 2.75) is 19.1 Å². The normalized spacial score (nSPS) is 11.6. The van der Waals surface area contributed by atoms with E-state index in [0.717, 1.165) is 18.2 Å². The molecule has 0 fully saturated rings. The number of nitrogens with one attached hydrogen (secondary N) is 3. The first-order chi connectivity index (χ1) is 17.1. The van der Waals surface area contributed by atoms with Gasteiger partial charge >= 0.3 is 6.18 Å². The molecule has 186 valence electrons. The summed E-state index contributed by atoms with van der Waals surface area (Å²) in [5.41, 5.74) is 0.397. The number of alkyl halides is 5. The first-order valence-corrected chi connectivity index (χ1v) is 10.8. The lowest BCUT2D eigenvalue weighted by Crippen LogP contribution is -2.23. The van der Waals surface area contributed by atoms with Crippen LogP contribution in [0.25, 0.3) is 22.0 Å². The molecule has 0 spiro atoms. The van der Waals surface area contributed by atoms with Gasteiger partial charge in [-0.3, -0.25) is 9.59 Å². The second-order valence-corrected chi connectivity index (χ2v) is 8.01. The molecule has 4 rings (SSSR count). The summed E-state index contributed by atoms with van der Waals surface area (Å²) in [6.07, 6.45) is -7.44. The fourth-order valence-corrected chi connectivity index (χ4v) is 3.92. The maximum Gasteiger partial charge on any atom is 0.416 e. The van der Waals surface area contributed by atoms with Crippen LogP contribution in [0.15, 0.2) is 66.7 Å². The zero-order valence-electron chi connectivity index (χ0n) is 18.8. The minimum absolute atomic E-state index is 0.0617. The van der Waals surface area contributed by atoms with Crippen LogP contribution >= 0.6 is 0 Å². The van der Waals surface area contributed by atoms with Crippen LogP contribution in [-0.2, 0) is 12.7 Å². The van der Waals surface area contributed by atoms with E-state index in [1.807, 2.05) is 0 Å². The highest BCUT2D eigenvalue weighted by molar-refractivity contribution is 6.03. The van der Waals surface area contributed by atoms with Crippen molar-refractivity contribution in [1.29, 1.82) is 0 Å². The van der Waals surface area contributed by atoms with Gasteiger partial charge in [0.05, 0.1) is 5.56 Å². The van der Waals surface area contributed by atoms with Gasteiger partial charge < -0.3 is 15.6 Å². The zero-order valence-corrected chi connectivity index (χ0v) is 18.8. The second-order valence-electron chi connectivity index (χ2n) is 8.01. The predicted octanol–water partition coefficient (Wildman–Crippen LogP) is 6.08. The summed E-state index contributed by atoms with van der Waals surface area (Å²) in [7, 11) is 1.47. The number of hydrogen-bond acceptors (Lipinski definition) is 2. The van der Waals surface area contributed by atoms with E-state index in [1.165, 1.54) is 31.3 Å². The molecule has 10 heteroatoms. The summed E-state index contributed by atoms with van der Waals surface area (Å²) in [4.78, 5) is 27.6. The number of carbonyl (C=O) groups excluding carboxylic acids is 2. The molecule has 3 aromatic carbocycles. The Hall–Kier alpha value is -4.21. The quantitative estimate of drug-likeness (QED) is 0.280. The van der Waals surface area contributed by atoms with Gasteiger partial charge in [0.15, 0.2) is 0 Å². The molecule has 36 heavy (non-hydrogen) atoms. The Morgan fingerprint density at radius 2 is 1.67 bits per heavy atom. The van der Waals surface area contributed by atoms with Crippen molar-refractivity contribution in [2.75, 3.05) is 7.05 Å². The number of amides is 2. The fraction of sp³-hybridized carbons (Fsp3) is 0.154. The number of carbonyl (C=O) groups is 2. The summed E-state index contributed by atoms with van der Waals surface area (Å²) in [6.45, 7) is -0.209. The SMILES string of the molecule is CNC(=O)c1cc2c(-c3ccc(C(=O)NCc4cccc(C(F)(F)F)c4)cc3C(F)F)cccc2[nH]1. The third-order valence-electron chi connectivity index (χ3n) is 5.68.